The van der Waals surface area contributed by atoms with E-state index in [1.165, 1.54) is 6.42 Å². The lowest BCUT2D eigenvalue weighted by Gasteiger charge is -2.39. The molecule has 3 N–H and O–H groups in total. The van der Waals surface area contributed by atoms with Gasteiger partial charge < -0.3 is 15.4 Å². The van der Waals surface area contributed by atoms with E-state index in [-0.39, 0.29) is 5.84 Å². The van der Waals surface area contributed by atoms with Crippen molar-refractivity contribution in [2.24, 2.45) is 5.73 Å². The molecule has 0 bridgehead atoms. The molecule has 2 heterocycles. The van der Waals surface area contributed by atoms with Crippen LogP contribution in [0.2, 0.25) is 0 Å². The number of morpholine rings is 1. The van der Waals surface area contributed by atoms with Crippen LogP contribution in [0.3, 0.4) is 0 Å². The average Bonchev–Trinajstić information content (AvgIpc) is 2.86. The van der Waals surface area contributed by atoms with Crippen LogP contribution in [0.5, 0.6) is 0 Å². The van der Waals surface area contributed by atoms with Gasteiger partial charge in [0.05, 0.1) is 30.6 Å². The molecule has 1 aliphatic carbocycles. The van der Waals surface area contributed by atoms with Crippen molar-refractivity contribution in [2.45, 2.75) is 31.4 Å². The monoisotopic (exact) mass is 246 g/mol. The van der Waals surface area contributed by atoms with Gasteiger partial charge in [0.25, 0.3) is 0 Å². The fourth-order valence-corrected chi connectivity index (χ4v) is 3.07. The van der Waals surface area contributed by atoms with Crippen LogP contribution in [0.25, 0.3) is 0 Å². The largest absolute Gasteiger partial charge is 0.384 e. The summed E-state index contributed by atoms with van der Waals surface area (Å²) < 4.78 is 5.81. The van der Waals surface area contributed by atoms with Crippen LogP contribution in [-0.4, -0.2) is 36.1 Å². The SMILES string of the molecule is N=C(N)c1ccncc1N1CCOC2CCCC21. The summed E-state index contributed by atoms with van der Waals surface area (Å²) >= 11 is 0. The van der Waals surface area contributed by atoms with E-state index in [9.17, 15) is 0 Å². The summed E-state index contributed by atoms with van der Waals surface area (Å²) in [6, 6.07) is 2.23. The van der Waals surface area contributed by atoms with Crippen molar-refractivity contribution in [2.75, 3.05) is 18.1 Å². The Hall–Kier alpha value is -1.62. The zero-order valence-corrected chi connectivity index (χ0v) is 10.3. The third-order valence-corrected chi connectivity index (χ3v) is 3.88. The molecular formula is C13H18N4O. The molecule has 1 aliphatic heterocycles. The number of pyridine rings is 1. The highest BCUT2D eigenvalue weighted by Gasteiger charge is 2.37. The van der Waals surface area contributed by atoms with Crippen molar-refractivity contribution in [1.29, 1.82) is 5.41 Å². The fraction of sp³-hybridized carbons (Fsp3) is 0.538. The third-order valence-electron chi connectivity index (χ3n) is 3.88. The topological polar surface area (TPSA) is 75.2 Å². The number of ether oxygens (including phenoxy) is 1. The number of nitrogens with zero attached hydrogens (tertiary/aromatic N) is 2. The first-order valence-corrected chi connectivity index (χ1v) is 6.44. The Kier molecular flexibility index (Phi) is 2.91. The summed E-state index contributed by atoms with van der Waals surface area (Å²) in [4.78, 5) is 6.51. The maximum absolute atomic E-state index is 7.68. The normalized spacial score (nSPS) is 27.0. The molecule has 3 rings (SSSR count). The number of fused-ring (bicyclic) bond motifs is 1. The number of amidine groups is 1. The first kappa shape index (κ1) is 11.5. The molecule has 1 aromatic rings. The van der Waals surface area contributed by atoms with Gasteiger partial charge in [-0.25, -0.2) is 0 Å². The molecule has 2 unspecified atom stereocenters. The van der Waals surface area contributed by atoms with Gasteiger partial charge in [0.15, 0.2) is 0 Å². The molecular weight excluding hydrogens is 228 g/mol. The lowest BCUT2D eigenvalue weighted by molar-refractivity contribution is 0.0256. The minimum Gasteiger partial charge on any atom is -0.384 e. The van der Waals surface area contributed by atoms with Crippen LogP contribution in [0, 0.1) is 5.41 Å². The molecule has 0 spiro atoms. The Morgan fingerprint density at radius 3 is 3.22 bits per heavy atom. The minimum absolute atomic E-state index is 0.105. The summed E-state index contributed by atoms with van der Waals surface area (Å²) in [5, 5.41) is 7.68. The molecule has 1 aromatic heterocycles. The van der Waals surface area contributed by atoms with Crippen molar-refractivity contribution < 1.29 is 4.74 Å². The number of hydrogen-bond donors (Lipinski definition) is 2. The van der Waals surface area contributed by atoms with Gasteiger partial charge in [-0.3, -0.25) is 10.4 Å². The lowest BCUT2D eigenvalue weighted by Crippen LogP contribution is -2.49. The van der Waals surface area contributed by atoms with Gasteiger partial charge in [-0.15, -0.1) is 0 Å². The second kappa shape index (κ2) is 4.57. The van der Waals surface area contributed by atoms with Crippen molar-refractivity contribution in [1.82, 2.24) is 4.98 Å². The van der Waals surface area contributed by atoms with Gasteiger partial charge in [0, 0.05) is 18.3 Å². The van der Waals surface area contributed by atoms with E-state index < -0.39 is 0 Å². The second-order valence-corrected chi connectivity index (χ2v) is 4.91. The summed E-state index contributed by atoms with van der Waals surface area (Å²) in [6.45, 7) is 1.60. The van der Waals surface area contributed by atoms with Crippen molar-refractivity contribution >= 4 is 11.5 Å². The molecule has 1 saturated carbocycles. The minimum atomic E-state index is 0.105. The van der Waals surface area contributed by atoms with E-state index in [0.29, 0.717) is 12.1 Å². The van der Waals surface area contributed by atoms with E-state index in [1.54, 1.807) is 6.20 Å². The van der Waals surface area contributed by atoms with Crippen LogP contribution >= 0.6 is 0 Å². The predicted molar refractivity (Wildman–Crippen MR) is 70.0 cm³/mol. The number of aromatic nitrogens is 1. The van der Waals surface area contributed by atoms with Gasteiger partial charge in [-0.05, 0) is 25.3 Å². The molecule has 0 amide bonds. The van der Waals surface area contributed by atoms with Crippen molar-refractivity contribution in [3.8, 4) is 0 Å². The maximum Gasteiger partial charge on any atom is 0.125 e. The van der Waals surface area contributed by atoms with Gasteiger partial charge >= 0.3 is 0 Å². The predicted octanol–water partition coefficient (Wildman–Crippen LogP) is 1.12. The Morgan fingerprint density at radius 2 is 2.39 bits per heavy atom. The number of nitrogen functional groups attached to an aromatic ring is 1. The van der Waals surface area contributed by atoms with Crippen LogP contribution in [-0.2, 0) is 4.74 Å². The maximum atomic E-state index is 7.68. The molecule has 2 atom stereocenters. The third kappa shape index (κ3) is 1.84. The van der Waals surface area contributed by atoms with E-state index in [0.717, 1.165) is 37.2 Å². The quantitative estimate of drug-likeness (QED) is 0.606. The lowest BCUT2D eigenvalue weighted by atomic mass is 10.1. The highest BCUT2D eigenvalue weighted by molar-refractivity contribution is 6.00. The van der Waals surface area contributed by atoms with Crippen molar-refractivity contribution in [3.63, 3.8) is 0 Å². The molecule has 18 heavy (non-hydrogen) atoms. The molecule has 5 nitrogen and oxygen atoms in total. The summed E-state index contributed by atoms with van der Waals surface area (Å²) in [5.41, 5.74) is 7.41. The zero-order valence-electron chi connectivity index (χ0n) is 10.3. The first-order chi connectivity index (χ1) is 8.77. The van der Waals surface area contributed by atoms with Crippen LogP contribution in [0.1, 0.15) is 24.8 Å². The number of nitrogens with one attached hydrogen (secondary N) is 1. The molecule has 5 heteroatoms. The van der Waals surface area contributed by atoms with Gasteiger partial charge in [-0.2, -0.15) is 0 Å². The number of hydrogen-bond acceptors (Lipinski definition) is 4. The van der Waals surface area contributed by atoms with Gasteiger partial charge in [0.1, 0.15) is 5.84 Å². The Morgan fingerprint density at radius 1 is 1.50 bits per heavy atom. The highest BCUT2D eigenvalue weighted by Crippen LogP contribution is 2.34. The van der Waals surface area contributed by atoms with Gasteiger partial charge in [0.2, 0.25) is 0 Å². The standard InChI is InChI=1S/C13H18N4O/c14-13(15)9-4-5-16-8-11(9)17-6-7-18-12-3-1-2-10(12)17/h4-5,8,10,12H,1-3,6-7H2,(H3,14,15). The Labute approximate surface area is 106 Å². The van der Waals surface area contributed by atoms with Crippen LogP contribution in [0.15, 0.2) is 18.5 Å². The highest BCUT2D eigenvalue weighted by atomic mass is 16.5. The number of nitrogens with two attached hydrogens (primary N) is 1. The number of rotatable bonds is 2. The average molecular weight is 246 g/mol. The van der Waals surface area contributed by atoms with E-state index in [4.69, 9.17) is 15.9 Å². The second-order valence-electron chi connectivity index (χ2n) is 4.91. The zero-order chi connectivity index (χ0) is 12.5. The van der Waals surface area contributed by atoms with E-state index >= 15 is 0 Å². The fourth-order valence-electron chi connectivity index (χ4n) is 3.07. The molecule has 2 fully saturated rings. The Balaban J connectivity index is 1.96. The van der Waals surface area contributed by atoms with E-state index in [2.05, 4.69) is 9.88 Å². The number of anilines is 1. The Bertz CT molecular complexity index is 462. The smallest absolute Gasteiger partial charge is 0.125 e. The van der Waals surface area contributed by atoms with Crippen LogP contribution in [0.4, 0.5) is 5.69 Å². The molecule has 0 radical (unpaired) electrons. The summed E-state index contributed by atoms with van der Waals surface area (Å²) in [7, 11) is 0. The van der Waals surface area contributed by atoms with Crippen molar-refractivity contribution in [3.05, 3.63) is 24.0 Å². The molecule has 2 aliphatic rings. The molecule has 96 valence electrons. The summed E-state index contributed by atoms with van der Waals surface area (Å²) in [6.07, 6.45) is 7.33. The first-order valence-electron chi connectivity index (χ1n) is 6.44. The van der Waals surface area contributed by atoms with E-state index in [1.807, 2.05) is 12.3 Å². The van der Waals surface area contributed by atoms with Gasteiger partial charge in [-0.1, -0.05) is 0 Å². The molecule has 0 aromatic carbocycles. The van der Waals surface area contributed by atoms with Crippen LogP contribution < -0.4 is 10.6 Å². The summed E-state index contributed by atoms with van der Waals surface area (Å²) in [5.74, 6) is 0.105. The molecule has 1 saturated heterocycles.